The maximum Gasteiger partial charge on any atom is 0.154 e. The van der Waals surface area contributed by atoms with E-state index in [2.05, 4.69) is 25.6 Å². The van der Waals surface area contributed by atoms with Crippen molar-refractivity contribution in [3.63, 3.8) is 0 Å². The number of H-pyrrole nitrogens is 1. The Morgan fingerprint density at radius 1 is 1.05 bits per heavy atom. The molecule has 5 nitrogen and oxygen atoms in total. The van der Waals surface area contributed by atoms with E-state index in [1.54, 1.807) is 0 Å². The number of aromatic amines is 1. The molecule has 1 N–H and O–H groups in total. The molecule has 110 valence electrons. The molecule has 3 saturated heterocycles. The third-order valence-corrected chi connectivity index (χ3v) is 4.95. The number of fused-ring (bicyclic) bond motifs is 1. The van der Waals surface area contributed by atoms with Crippen LogP contribution in [0.2, 0.25) is 0 Å². The van der Waals surface area contributed by atoms with Crippen LogP contribution < -0.4 is 10.2 Å². The first-order chi connectivity index (χ1) is 9.89. The lowest BCUT2D eigenvalue weighted by molar-refractivity contribution is 0.121. The van der Waals surface area contributed by atoms with Gasteiger partial charge >= 0.3 is 0 Å². The molecule has 0 amide bonds. The summed E-state index contributed by atoms with van der Waals surface area (Å²) in [6, 6.07) is 0. The van der Waals surface area contributed by atoms with E-state index in [0.29, 0.717) is 5.54 Å². The van der Waals surface area contributed by atoms with Crippen molar-refractivity contribution in [3.05, 3.63) is 11.9 Å². The highest BCUT2D eigenvalue weighted by atomic mass is 15.3. The Bertz CT molecular complexity index is 371. The van der Waals surface area contributed by atoms with E-state index in [4.69, 9.17) is 0 Å². The Kier molecular flexibility index (Phi) is 4.68. The maximum absolute atomic E-state index is 4.27. The van der Waals surface area contributed by atoms with Gasteiger partial charge in [-0.1, -0.05) is 18.1 Å². The Labute approximate surface area is 121 Å². The van der Waals surface area contributed by atoms with Crippen molar-refractivity contribution < 1.29 is 0 Å². The fourth-order valence-corrected chi connectivity index (χ4v) is 3.67. The van der Waals surface area contributed by atoms with Gasteiger partial charge in [0.2, 0.25) is 0 Å². The first-order valence-corrected chi connectivity index (χ1v) is 8.13. The normalized spacial score (nSPS) is 29.8. The minimum atomic E-state index is 0.469. The second-order valence-electron chi connectivity index (χ2n) is 6.29. The number of aromatic nitrogens is 3. The zero-order valence-corrected chi connectivity index (χ0v) is 12.4. The van der Waals surface area contributed by atoms with E-state index >= 15 is 0 Å². The van der Waals surface area contributed by atoms with Gasteiger partial charge in [0.05, 0.1) is 18.5 Å². The lowest BCUT2D eigenvalue weighted by atomic mass is 9.81. The van der Waals surface area contributed by atoms with E-state index in [9.17, 15) is 0 Å². The Morgan fingerprint density at radius 2 is 1.90 bits per heavy atom. The van der Waals surface area contributed by atoms with Crippen molar-refractivity contribution in [2.75, 3.05) is 26.2 Å². The number of nitrogens with zero attached hydrogens (tertiary/aromatic N) is 4. The van der Waals surface area contributed by atoms with Crippen LogP contribution in [0.25, 0.3) is 0 Å². The zero-order chi connectivity index (χ0) is 13.7. The summed E-state index contributed by atoms with van der Waals surface area (Å²) in [6.07, 6.45) is 12.5. The average molecular weight is 276 g/mol. The fourth-order valence-electron chi connectivity index (χ4n) is 3.67. The van der Waals surface area contributed by atoms with Gasteiger partial charge in [-0.05, 0) is 12.8 Å². The topological polar surface area (TPSA) is 61.6 Å². The smallest absolute Gasteiger partial charge is 0.154 e. The molecular formula is C15H26N5+. The van der Waals surface area contributed by atoms with Crippen molar-refractivity contribution in [1.82, 2.24) is 25.6 Å². The SMILES string of the molecule is C1CCC[N]CC1.c1[nH]nnc1CC12CCC[N+]1CC2. The van der Waals surface area contributed by atoms with Crippen LogP contribution in [0.4, 0.5) is 0 Å². The summed E-state index contributed by atoms with van der Waals surface area (Å²) in [5.41, 5.74) is 1.59. The lowest BCUT2D eigenvalue weighted by Gasteiger charge is -2.37. The first-order valence-electron chi connectivity index (χ1n) is 8.13. The summed E-state index contributed by atoms with van der Waals surface area (Å²) < 4.78 is 0. The van der Waals surface area contributed by atoms with E-state index < -0.39 is 0 Å². The lowest BCUT2D eigenvalue weighted by Crippen LogP contribution is -2.61. The minimum Gasteiger partial charge on any atom is -0.265 e. The summed E-state index contributed by atoms with van der Waals surface area (Å²) in [6.45, 7) is 4.83. The van der Waals surface area contributed by atoms with E-state index in [0.717, 1.165) is 25.2 Å². The Morgan fingerprint density at radius 3 is 2.50 bits per heavy atom. The van der Waals surface area contributed by atoms with Gasteiger partial charge in [-0.3, -0.25) is 5.10 Å². The predicted octanol–water partition coefficient (Wildman–Crippen LogP) is 1.59. The fraction of sp³-hybridized carbons (Fsp3) is 0.867. The van der Waals surface area contributed by atoms with Crippen LogP contribution in [0.5, 0.6) is 0 Å². The van der Waals surface area contributed by atoms with Crippen LogP contribution in [0.15, 0.2) is 6.20 Å². The quantitative estimate of drug-likeness (QED) is 0.834. The number of nitrogens with one attached hydrogen (secondary N) is 1. The molecule has 0 bridgehead atoms. The highest BCUT2D eigenvalue weighted by Gasteiger charge is 2.57. The van der Waals surface area contributed by atoms with E-state index in [1.807, 2.05) is 6.20 Å². The molecule has 4 rings (SSSR count). The van der Waals surface area contributed by atoms with E-state index in [1.165, 1.54) is 58.0 Å². The van der Waals surface area contributed by atoms with Gasteiger partial charge in [-0.15, -0.1) is 5.10 Å². The molecule has 0 spiro atoms. The number of hydrogen-bond donors (Lipinski definition) is 1. The van der Waals surface area contributed by atoms with Crippen LogP contribution in [0.3, 0.4) is 0 Å². The number of rotatable bonds is 2. The third kappa shape index (κ3) is 3.20. The van der Waals surface area contributed by atoms with Crippen molar-refractivity contribution in [2.45, 2.75) is 56.9 Å². The highest BCUT2D eigenvalue weighted by molar-refractivity contribution is 5.13. The minimum absolute atomic E-state index is 0.469. The van der Waals surface area contributed by atoms with Crippen LogP contribution in [0, 0.1) is 0 Å². The third-order valence-electron chi connectivity index (χ3n) is 4.95. The highest BCUT2D eigenvalue weighted by Crippen LogP contribution is 2.40. The summed E-state index contributed by atoms with van der Waals surface area (Å²) in [5, 5.41) is 14.9. The molecule has 3 fully saturated rings. The van der Waals surface area contributed by atoms with Gasteiger partial charge in [0.1, 0.15) is 13.1 Å². The second-order valence-corrected chi connectivity index (χ2v) is 6.29. The molecule has 3 aliphatic heterocycles. The van der Waals surface area contributed by atoms with Gasteiger partial charge in [0.25, 0.3) is 0 Å². The summed E-state index contributed by atoms with van der Waals surface area (Å²) in [7, 11) is 0. The van der Waals surface area contributed by atoms with Gasteiger partial charge in [-0.2, -0.15) is 4.90 Å². The molecule has 3 aliphatic rings. The van der Waals surface area contributed by atoms with Crippen LogP contribution in [-0.4, -0.2) is 47.1 Å². The molecule has 20 heavy (non-hydrogen) atoms. The van der Waals surface area contributed by atoms with Crippen molar-refractivity contribution in [2.24, 2.45) is 0 Å². The number of hydrogen-bond acceptors (Lipinski definition) is 3. The zero-order valence-electron chi connectivity index (χ0n) is 12.4. The summed E-state index contributed by atoms with van der Waals surface area (Å²) in [5.74, 6) is 0. The molecule has 2 radical (unpaired) electrons. The molecule has 0 aromatic carbocycles. The summed E-state index contributed by atoms with van der Waals surface area (Å²) >= 11 is 0. The van der Waals surface area contributed by atoms with Crippen LogP contribution >= 0.6 is 0 Å². The van der Waals surface area contributed by atoms with Crippen molar-refractivity contribution >= 4 is 0 Å². The monoisotopic (exact) mass is 276 g/mol. The molecule has 1 unspecified atom stereocenters. The van der Waals surface area contributed by atoms with Gasteiger partial charge in [0, 0.05) is 32.1 Å². The van der Waals surface area contributed by atoms with E-state index in [-0.39, 0.29) is 0 Å². The van der Waals surface area contributed by atoms with Crippen LogP contribution in [-0.2, 0) is 6.42 Å². The van der Waals surface area contributed by atoms with Gasteiger partial charge in [-0.25, -0.2) is 5.32 Å². The molecule has 1 aromatic rings. The van der Waals surface area contributed by atoms with Crippen molar-refractivity contribution in [1.29, 1.82) is 0 Å². The Balaban J connectivity index is 0.000000147. The molecule has 0 saturated carbocycles. The van der Waals surface area contributed by atoms with Crippen molar-refractivity contribution in [3.8, 4) is 0 Å². The first kappa shape index (κ1) is 14.0. The Hall–Kier alpha value is -0.940. The second kappa shape index (κ2) is 6.68. The summed E-state index contributed by atoms with van der Waals surface area (Å²) in [4.78, 5) is 2.60. The molecule has 0 aliphatic carbocycles. The molecule has 1 atom stereocenters. The molecule has 1 aromatic heterocycles. The molecule has 5 heteroatoms. The average Bonchev–Trinajstić information content (AvgIpc) is 2.91. The molecule has 4 heterocycles. The van der Waals surface area contributed by atoms with Crippen LogP contribution in [0.1, 0.15) is 50.6 Å². The van der Waals surface area contributed by atoms with Gasteiger partial charge in [0.15, 0.2) is 5.54 Å². The predicted molar refractivity (Wildman–Crippen MR) is 78.9 cm³/mol. The standard InChI is InChI=1S/C9H14N4.C6H12N/c1-2-9(3-5-13(9)4-1)6-8-7-10-12-11-8;1-2-4-6-7-5-3-1/h7H,1-6H2,(H,10,11,12);1-6H2/q+1;. The maximum atomic E-state index is 4.27. The largest absolute Gasteiger partial charge is 0.265 e. The molecular weight excluding hydrogens is 250 g/mol. The van der Waals surface area contributed by atoms with Gasteiger partial charge < -0.3 is 0 Å².